The fourth-order valence-corrected chi connectivity index (χ4v) is 6.20. The van der Waals surface area contributed by atoms with Crippen LogP contribution < -0.4 is 0 Å². The van der Waals surface area contributed by atoms with Crippen LogP contribution in [0.15, 0.2) is 35.2 Å². The van der Waals surface area contributed by atoms with Gasteiger partial charge in [-0.2, -0.15) is 0 Å². The van der Waals surface area contributed by atoms with Gasteiger partial charge in [-0.1, -0.05) is 18.2 Å². The zero-order valence-corrected chi connectivity index (χ0v) is 20.2. The molecule has 0 saturated carbocycles. The van der Waals surface area contributed by atoms with Crippen molar-refractivity contribution in [3.8, 4) is 0 Å². The van der Waals surface area contributed by atoms with E-state index < -0.39 is 9.84 Å². The van der Waals surface area contributed by atoms with Crippen molar-refractivity contribution in [1.82, 2.24) is 14.7 Å². The fourth-order valence-electron chi connectivity index (χ4n) is 4.93. The van der Waals surface area contributed by atoms with Crippen molar-refractivity contribution in [3.63, 3.8) is 0 Å². The molecule has 2 aliphatic rings. The van der Waals surface area contributed by atoms with Gasteiger partial charge in [-0.05, 0) is 58.2 Å². The molecule has 32 heavy (non-hydrogen) atoms. The van der Waals surface area contributed by atoms with Crippen molar-refractivity contribution >= 4 is 21.7 Å². The number of nitrogens with zero attached hydrogens (tertiary/aromatic N) is 3. The summed E-state index contributed by atoms with van der Waals surface area (Å²) >= 11 is 0. The number of carbonyl (C=O) groups is 2. The van der Waals surface area contributed by atoms with E-state index in [1.165, 1.54) is 0 Å². The number of hydrogen-bond acceptors (Lipinski definition) is 5. The molecule has 0 aliphatic carbocycles. The van der Waals surface area contributed by atoms with Gasteiger partial charge in [-0.15, -0.1) is 0 Å². The monoisotopic (exact) mass is 463 g/mol. The fraction of sp³-hybridized carbons (Fsp3) is 0.667. The first kappa shape index (κ1) is 24.7. The van der Waals surface area contributed by atoms with Crippen molar-refractivity contribution in [2.75, 3.05) is 45.0 Å². The molecule has 2 aliphatic heterocycles. The number of carbonyl (C=O) groups excluding carboxylic acids is 2. The highest BCUT2D eigenvalue weighted by Crippen LogP contribution is 2.26. The Bertz CT molecular complexity index is 870. The van der Waals surface area contributed by atoms with E-state index >= 15 is 0 Å². The van der Waals surface area contributed by atoms with E-state index in [0.29, 0.717) is 17.9 Å². The van der Waals surface area contributed by atoms with Gasteiger partial charge in [0.25, 0.3) is 0 Å². The van der Waals surface area contributed by atoms with E-state index in [9.17, 15) is 18.0 Å². The SMILES string of the molecule is CCN(CC)C(=O)C1CCCN(C2CCC(=O)N(CCS(=O)(=O)c3ccccc3)CC2)C1. The number of amides is 2. The van der Waals surface area contributed by atoms with Gasteiger partial charge in [0.1, 0.15) is 0 Å². The Kier molecular flexibility index (Phi) is 8.71. The number of likely N-dealkylation sites (tertiary alicyclic amines) is 2. The maximum Gasteiger partial charge on any atom is 0.226 e. The quantitative estimate of drug-likeness (QED) is 0.592. The molecule has 0 radical (unpaired) electrons. The molecule has 2 saturated heterocycles. The Balaban J connectivity index is 1.56. The van der Waals surface area contributed by atoms with Crippen molar-refractivity contribution in [3.05, 3.63) is 30.3 Å². The number of sulfone groups is 1. The maximum absolute atomic E-state index is 12.8. The lowest BCUT2D eigenvalue weighted by atomic mass is 9.93. The first-order valence-electron chi connectivity index (χ1n) is 11.9. The minimum Gasteiger partial charge on any atom is -0.343 e. The zero-order valence-electron chi connectivity index (χ0n) is 19.4. The highest BCUT2D eigenvalue weighted by Gasteiger charge is 2.33. The molecule has 2 heterocycles. The average molecular weight is 464 g/mol. The largest absolute Gasteiger partial charge is 0.343 e. The Labute approximate surface area is 192 Å². The second-order valence-corrected chi connectivity index (χ2v) is 10.9. The summed E-state index contributed by atoms with van der Waals surface area (Å²) in [6.07, 6.45) is 3.96. The third-order valence-electron chi connectivity index (χ3n) is 6.90. The summed E-state index contributed by atoms with van der Waals surface area (Å²) in [7, 11) is -3.41. The molecule has 2 fully saturated rings. The Morgan fingerprint density at radius 1 is 1.06 bits per heavy atom. The highest BCUT2D eigenvalue weighted by atomic mass is 32.2. The Morgan fingerprint density at radius 2 is 1.78 bits per heavy atom. The predicted molar refractivity (Wildman–Crippen MR) is 125 cm³/mol. The molecule has 8 heteroatoms. The lowest BCUT2D eigenvalue weighted by Crippen LogP contribution is -2.48. The van der Waals surface area contributed by atoms with Crippen molar-refractivity contribution in [1.29, 1.82) is 0 Å². The first-order valence-corrected chi connectivity index (χ1v) is 13.6. The summed E-state index contributed by atoms with van der Waals surface area (Å²) in [6, 6.07) is 8.68. The normalized spacial score (nSPS) is 23.1. The van der Waals surface area contributed by atoms with Gasteiger partial charge in [0.2, 0.25) is 11.8 Å². The number of piperidine rings is 1. The van der Waals surface area contributed by atoms with Crippen LogP contribution in [0.2, 0.25) is 0 Å². The van der Waals surface area contributed by atoms with Gasteiger partial charge in [0.05, 0.1) is 16.6 Å². The summed E-state index contributed by atoms with van der Waals surface area (Å²) in [5, 5.41) is 0. The number of benzene rings is 1. The van der Waals surface area contributed by atoms with Gasteiger partial charge in [-0.25, -0.2) is 8.42 Å². The van der Waals surface area contributed by atoms with E-state index in [2.05, 4.69) is 4.90 Å². The van der Waals surface area contributed by atoms with Crippen LogP contribution in [0.25, 0.3) is 0 Å². The Morgan fingerprint density at radius 3 is 2.47 bits per heavy atom. The van der Waals surface area contributed by atoms with E-state index in [-0.39, 0.29) is 36.1 Å². The van der Waals surface area contributed by atoms with Crippen LogP contribution in [0, 0.1) is 5.92 Å². The molecule has 2 atom stereocenters. The van der Waals surface area contributed by atoms with Gasteiger partial charge >= 0.3 is 0 Å². The summed E-state index contributed by atoms with van der Waals surface area (Å²) in [5.41, 5.74) is 0. The molecule has 0 bridgehead atoms. The van der Waals surface area contributed by atoms with Gasteiger partial charge in [-0.3, -0.25) is 14.5 Å². The van der Waals surface area contributed by atoms with E-state index in [1.54, 1.807) is 35.2 Å². The van der Waals surface area contributed by atoms with Crippen LogP contribution >= 0.6 is 0 Å². The minimum atomic E-state index is -3.41. The molecular formula is C24H37N3O4S. The third-order valence-corrected chi connectivity index (χ3v) is 8.61. The average Bonchev–Trinajstić information content (AvgIpc) is 3.00. The van der Waals surface area contributed by atoms with Crippen molar-refractivity contribution < 1.29 is 18.0 Å². The Hall–Kier alpha value is -1.93. The number of hydrogen-bond donors (Lipinski definition) is 0. The van der Waals surface area contributed by atoms with Crippen LogP contribution in [-0.4, -0.2) is 86.0 Å². The molecule has 0 aromatic heterocycles. The molecule has 1 aromatic rings. The standard InChI is InChI=1S/C24H37N3O4S/c1-3-25(4-2)24(29)20-9-8-15-27(19-20)21-12-13-23(28)26(16-14-21)17-18-32(30,31)22-10-6-5-7-11-22/h5-7,10-11,20-21H,3-4,8-9,12-19H2,1-2H3. The van der Waals surface area contributed by atoms with Crippen molar-refractivity contribution in [2.24, 2.45) is 5.92 Å². The van der Waals surface area contributed by atoms with Gasteiger partial charge in [0, 0.05) is 45.2 Å². The minimum absolute atomic E-state index is 0.0311. The predicted octanol–water partition coefficient (Wildman–Crippen LogP) is 2.42. The summed E-state index contributed by atoms with van der Waals surface area (Å²) in [4.78, 5) is 31.9. The molecular weight excluding hydrogens is 426 g/mol. The lowest BCUT2D eigenvalue weighted by molar-refractivity contribution is -0.137. The topological polar surface area (TPSA) is 78.0 Å². The molecule has 2 unspecified atom stereocenters. The molecule has 0 N–H and O–H groups in total. The second-order valence-electron chi connectivity index (χ2n) is 8.84. The second kappa shape index (κ2) is 11.3. The van der Waals surface area contributed by atoms with Crippen LogP contribution in [0.3, 0.4) is 0 Å². The molecule has 0 spiro atoms. The molecule has 3 rings (SSSR count). The molecule has 178 valence electrons. The zero-order chi connectivity index (χ0) is 23.1. The van der Waals surface area contributed by atoms with Crippen molar-refractivity contribution in [2.45, 2.75) is 56.9 Å². The van der Waals surface area contributed by atoms with Crippen LogP contribution in [0.4, 0.5) is 0 Å². The maximum atomic E-state index is 12.8. The van der Waals surface area contributed by atoms with Crippen LogP contribution in [0.1, 0.15) is 46.0 Å². The smallest absolute Gasteiger partial charge is 0.226 e. The summed E-state index contributed by atoms with van der Waals surface area (Å²) < 4.78 is 25.2. The van der Waals surface area contributed by atoms with Gasteiger partial charge < -0.3 is 9.80 Å². The van der Waals surface area contributed by atoms with E-state index in [1.807, 2.05) is 18.7 Å². The highest BCUT2D eigenvalue weighted by molar-refractivity contribution is 7.91. The van der Waals surface area contributed by atoms with E-state index in [4.69, 9.17) is 0 Å². The van der Waals surface area contributed by atoms with Crippen LogP contribution in [0.5, 0.6) is 0 Å². The van der Waals surface area contributed by atoms with Crippen LogP contribution in [-0.2, 0) is 19.4 Å². The third kappa shape index (κ3) is 6.10. The summed E-state index contributed by atoms with van der Waals surface area (Å²) in [5.74, 6) is 0.257. The van der Waals surface area contributed by atoms with Gasteiger partial charge in [0.15, 0.2) is 9.84 Å². The molecule has 7 nitrogen and oxygen atoms in total. The summed E-state index contributed by atoms with van der Waals surface area (Å²) in [6.45, 7) is 8.04. The lowest BCUT2D eigenvalue weighted by Gasteiger charge is -2.38. The number of rotatable bonds is 8. The molecule has 2 amide bonds. The van der Waals surface area contributed by atoms with E-state index in [0.717, 1.165) is 51.9 Å². The molecule has 1 aromatic carbocycles. The first-order chi connectivity index (χ1) is 15.4.